The monoisotopic (exact) mass is 189 g/mol. The smallest absolute Gasteiger partial charge is 0.162 e. The lowest BCUT2D eigenvalue weighted by Crippen LogP contribution is -2.10. The number of Topliss-reactive ketones (excluding diaryl/α,β-unsaturated/α-hetero) is 1. The van der Waals surface area contributed by atoms with Crippen LogP contribution >= 0.6 is 0 Å². The standard InChI is InChI=1S/C10H11N3O/c1-8(14)9-6-4-5-7-10(9)13(11-2)12-3/h4-7H,2-3H2,1H3. The van der Waals surface area contributed by atoms with Crippen LogP contribution in [0.4, 0.5) is 5.69 Å². The lowest BCUT2D eigenvalue weighted by Gasteiger charge is -2.13. The molecular formula is C10H11N3O. The second-order valence-corrected chi connectivity index (χ2v) is 2.65. The highest BCUT2D eigenvalue weighted by Crippen LogP contribution is 2.20. The maximum atomic E-state index is 11.3. The first-order valence-corrected chi connectivity index (χ1v) is 4.04. The van der Waals surface area contributed by atoms with Crippen LogP contribution in [0.25, 0.3) is 0 Å². The molecule has 1 aromatic rings. The van der Waals surface area contributed by atoms with Crippen LogP contribution in [-0.2, 0) is 0 Å². The van der Waals surface area contributed by atoms with Gasteiger partial charge in [-0.2, -0.15) is 15.3 Å². The number of ketones is 1. The van der Waals surface area contributed by atoms with Gasteiger partial charge in [-0.1, -0.05) is 12.1 Å². The van der Waals surface area contributed by atoms with E-state index in [0.717, 1.165) is 0 Å². The van der Waals surface area contributed by atoms with E-state index in [1.807, 2.05) is 0 Å². The summed E-state index contributed by atoms with van der Waals surface area (Å²) in [6, 6.07) is 7.02. The molecule has 0 amide bonds. The van der Waals surface area contributed by atoms with Gasteiger partial charge in [0, 0.05) is 19.0 Å². The van der Waals surface area contributed by atoms with E-state index < -0.39 is 0 Å². The molecular weight excluding hydrogens is 178 g/mol. The van der Waals surface area contributed by atoms with Gasteiger partial charge in [0.2, 0.25) is 0 Å². The molecule has 0 radical (unpaired) electrons. The van der Waals surface area contributed by atoms with Gasteiger partial charge >= 0.3 is 0 Å². The number of benzene rings is 1. The zero-order valence-electron chi connectivity index (χ0n) is 7.97. The molecule has 72 valence electrons. The fraction of sp³-hybridized carbons (Fsp3) is 0.100. The van der Waals surface area contributed by atoms with E-state index in [1.54, 1.807) is 24.3 Å². The Morgan fingerprint density at radius 1 is 1.29 bits per heavy atom. The molecule has 1 aromatic carbocycles. The third-order valence-corrected chi connectivity index (χ3v) is 1.77. The van der Waals surface area contributed by atoms with Crippen molar-refractivity contribution in [2.45, 2.75) is 6.92 Å². The van der Waals surface area contributed by atoms with Crippen LogP contribution in [0.15, 0.2) is 34.5 Å². The predicted octanol–water partition coefficient (Wildman–Crippen LogP) is 1.93. The Kier molecular flexibility index (Phi) is 3.12. The van der Waals surface area contributed by atoms with Crippen molar-refractivity contribution in [2.24, 2.45) is 10.2 Å². The molecule has 0 N–H and O–H groups in total. The third kappa shape index (κ3) is 1.85. The number of anilines is 1. The van der Waals surface area contributed by atoms with E-state index in [1.165, 1.54) is 12.0 Å². The Labute approximate surface area is 82.5 Å². The highest BCUT2D eigenvalue weighted by molar-refractivity contribution is 5.99. The summed E-state index contributed by atoms with van der Waals surface area (Å²) in [7, 11) is 0. The summed E-state index contributed by atoms with van der Waals surface area (Å²) in [6.07, 6.45) is 0. The van der Waals surface area contributed by atoms with Crippen LogP contribution < -0.4 is 5.12 Å². The first-order valence-electron chi connectivity index (χ1n) is 4.04. The van der Waals surface area contributed by atoms with Gasteiger partial charge in [-0.05, 0) is 19.1 Å². The van der Waals surface area contributed by atoms with Gasteiger partial charge in [0.15, 0.2) is 5.78 Å². The predicted molar refractivity (Wildman–Crippen MR) is 58.0 cm³/mol. The quantitative estimate of drug-likeness (QED) is 0.412. The van der Waals surface area contributed by atoms with Crippen molar-refractivity contribution in [3.63, 3.8) is 0 Å². The summed E-state index contributed by atoms with van der Waals surface area (Å²) in [5, 5.41) is 8.46. The summed E-state index contributed by atoms with van der Waals surface area (Å²) in [5.41, 5.74) is 1.14. The molecule has 4 nitrogen and oxygen atoms in total. The molecule has 1 rings (SSSR count). The molecule has 0 aromatic heterocycles. The number of rotatable bonds is 4. The second kappa shape index (κ2) is 4.32. The van der Waals surface area contributed by atoms with Crippen LogP contribution in [0.5, 0.6) is 0 Å². The first kappa shape index (κ1) is 10.1. The van der Waals surface area contributed by atoms with Crippen LogP contribution in [0.3, 0.4) is 0 Å². The van der Waals surface area contributed by atoms with Gasteiger partial charge in [-0.15, -0.1) is 0 Å². The lowest BCUT2D eigenvalue weighted by atomic mass is 10.1. The molecule has 0 saturated carbocycles. The van der Waals surface area contributed by atoms with Crippen molar-refractivity contribution >= 4 is 24.9 Å². The second-order valence-electron chi connectivity index (χ2n) is 2.65. The molecule has 0 heterocycles. The normalized spacial score (nSPS) is 9.21. The molecule has 0 fully saturated rings. The molecule has 0 unspecified atom stereocenters. The van der Waals surface area contributed by atoms with E-state index >= 15 is 0 Å². The Morgan fingerprint density at radius 3 is 2.36 bits per heavy atom. The maximum Gasteiger partial charge on any atom is 0.162 e. The Balaban J connectivity index is 3.24. The number of hydrazone groups is 2. The van der Waals surface area contributed by atoms with Gasteiger partial charge < -0.3 is 0 Å². The van der Waals surface area contributed by atoms with E-state index in [0.29, 0.717) is 11.3 Å². The Hall–Kier alpha value is -1.97. The minimum atomic E-state index is -0.0436. The van der Waals surface area contributed by atoms with Gasteiger partial charge in [0.25, 0.3) is 0 Å². The molecule has 0 saturated heterocycles. The Bertz CT molecular complexity index is 365. The molecule has 4 heteroatoms. The number of para-hydroxylation sites is 1. The largest absolute Gasteiger partial charge is 0.294 e. The zero-order chi connectivity index (χ0) is 10.6. The van der Waals surface area contributed by atoms with Crippen molar-refractivity contribution < 1.29 is 4.79 Å². The van der Waals surface area contributed by atoms with E-state index in [2.05, 4.69) is 23.6 Å². The first-order chi connectivity index (χ1) is 6.70. The highest BCUT2D eigenvalue weighted by Gasteiger charge is 2.10. The number of carbonyl (C=O) groups excluding carboxylic acids is 1. The zero-order valence-corrected chi connectivity index (χ0v) is 7.97. The van der Waals surface area contributed by atoms with Gasteiger partial charge in [0.1, 0.15) is 0 Å². The van der Waals surface area contributed by atoms with Crippen molar-refractivity contribution in [1.29, 1.82) is 0 Å². The average Bonchev–Trinajstić information content (AvgIpc) is 2.20. The molecule has 0 aliphatic carbocycles. The van der Waals surface area contributed by atoms with Gasteiger partial charge in [-0.25, -0.2) is 0 Å². The summed E-state index contributed by atoms with van der Waals surface area (Å²) in [6.45, 7) is 8.17. The lowest BCUT2D eigenvalue weighted by molar-refractivity contribution is 0.101. The average molecular weight is 189 g/mol. The molecule has 0 atom stereocenters. The van der Waals surface area contributed by atoms with E-state index in [-0.39, 0.29) is 5.78 Å². The molecule has 0 bridgehead atoms. The van der Waals surface area contributed by atoms with Crippen LogP contribution in [-0.4, -0.2) is 19.2 Å². The van der Waals surface area contributed by atoms with Crippen molar-refractivity contribution in [2.75, 3.05) is 5.12 Å². The summed E-state index contributed by atoms with van der Waals surface area (Å²) < 4.78 is 0. The number of nitrogens with zero attached hydrogens (tertiary/aromatic N) is 3. The summed E-state index contributed by atoms with van der Waals surface area (Å²) >= 11 is 0. The van der Waals surface area contributed by atoms with E-state index in [9.17, 15) is 4.79 Å². The van der Waals surface area contributed by atoms with Crippen molar-refractivity contribution in [3.8, 4) is 0 Å². The fourth-order valence-corrected chi connectivity index (χ4v) is 1.14. The number of carbonyl (C=O) groups is 1. The third-order valence-electron chi connectivity index (χ3n) is 1.77. The van der Waals surface area contributed by atoms with Crippen LogP contribution in [0, 0.1) is 0 Å². The minimum Gasteiger partial charge on any atom is -0.294 e. The molecule has 0 spiro atoms. The number of hydrogen-bond donors (Lipinski definition) is 0. The van der Waals surface area contributed by atoms with E-state index in [4.69, 9.17) is 0 Å². The number of hydrogen-bond acceptors (Lipinski definition) is 4. The molecule has 14 heavy (non-hydrogen) atoms. The highest BCUT2D eigenvalue weighted by atomic mass is 16.1. The van der Waals surface area contributed by atoms with Crippen LogP contribution in [0.1, 0.15) is 17.3 Å². The molecule has 0 aliphatic heterocycles. The van der Waals surface area contributed by atoms with Crippen LogP contribution in [0.2, 0.25) is 0 Å². The van der Waals surface area contributed by atoms with Crippen molar-refractivity contribution in [1.82, 2.24) is 0 Å². The summed E-state index contributed by atoms with van der Waals surface area (Å²) in [4.78, 5) is 11.3. The molecule has 0 aliphatic rings. The van der Waals surface area contributed by atoms with Gasteiger partial charge in [0.05, 0.1) is 5.69 Å². The maximum absolute atomic E-state index is 11.3. The Morgan fingerprint density at radius 2 is 1.86 bits per heavy atom. The fourth-order valence-electron chi connectivity index (χ4n) is 1.14. The summed E-state index contributed by atoms with van der Waals surface area (Å²) in [5.74, 6) is -0.0436. The SMILES string of the molecule is C=NN(N=C)c1ccccc1C(C)=O. The minimum absolute atomic E-state index is 0.0436. The van der Waals surface area contributed by atoms with Crippen molar-refractivity contribution in [3.05, 3.63) is 29.8 Å². The van der Waals surface area contributed by atoms with Gasteiger partial charge in [-0.3, -0.25) is 4.79 Å². The topological polar surface area (TPSA) is 45.0 Å².